The van der Waals surface area contributed by atoms with E-state index in [1.54, 1.807) is 6.20 Å². The van der Waals surface area contributed by atoms with E-state index < -0.39 is 6.10 Å². The van der Waals surface area contributed by atoms with Crippen LogP contribution in [0.1, 0.15) is 24.3 Å². The van der Waals surface area contributed by atoms with Crippen LogP contribution in [0, 0.1) is 0 Å². The highest BCUT2D eigenvalue weighted by molar-refractivity contribution is 5.16. The van der Waals surface area contributed by atoms with E-state index in [1.165, 1.54) is 6.33 Å². The molecule has 1 heterocycles. The number of ether oxygens (including phenoxy) is 1. The fourth-order valence-corrected chi connectivity index (χ4v) is 1.92. The van der Waals surface area contributed by atoms with Gasteiger partial charge in [0.25, 0.3) is 0 Å². The van der Waals surface area contributed by atoms with E-state index in [0.29, 0.717) is 19.7 Å². The minimum Gasteiger partial charge on any atom is -0.389 e. The quantitative estimate of drug-likeness (QED) is 0.773. The summed E-state index contributed by atoms with van der Waals surface area (Å²) >= 11 is 0. The van der Waals surface area contributed by atoms with Crippen molar-refractivity contribution < 1.29 is 9.84 Å². The third-order valence-corrected chi connectivity index (χ3v) is 3.14. The maximum Gasteiger partial charge on any atom is 0.115 e. The van der Waals surface area contributed by atoms with E-state index in [-0.39, 0.29) is 6.10 Å². The van der Waals surface area contributed by atoms with Gasteiger partial charge in [0.1, 0.15) is 6.33 Å². The lowest BCUT2D eigenvalue weighted by molar-refractivity contribution is -0.00214. The molecule has 2 atom stereocenters. The molecule has 0 aliphatic heterocycles. The number of hydrogen-bond donors (Lipinski definition) is 2. The summed E-state index contributed by atoms with van der Waals surface area (Å²) in [6, 6.07) is 11.8. The van der Waals surface area contributed by atoms with E-state index in [4.69, 9.17) is 4.74 Å². The number of aromatic nitrogens is 2. The number of aliphatic hydroxyl groups excluding tert-OH is 1. The van der Waals surface area contributed by atoms with E-state index >= 15 is 0 Å². The second-order valence-electron chi connectivity index (χ2n) is 4.87. The predicted molar refractivity (Wildman–Crippen MR) is 80.6 cm³/mol. The van der Waals surface area contributed by atoms with Crippen molar-refractivity contribution in [1.82, 2.24) is 15.3 Å². The van der Waals surface area contributed by atoms with Gasteiger partial charge >= 0.3 is 0 Å². The summed E-state index contributed by atoms with van der Waals surface area (Å²) < 4.78 is 5.68. The minimum atomic E-state index is -0.544. The van der Waals surface area contributed by atoms with Crippen LogP contribution in [0.25, 0.3) is 0 Å². The topological polar surface area (TPSA) is 67.3 Å². The van der Waals surface area contributed by atoms with Gasteiger partial charge in [-0.25, -0.2) is 9.97 Å². The SMILES string of the molecule is CC(OCC(O)CNCc1ccncn1)c1ccccc1. The molecule has 0 aliphatic carbocycles. The molecule has 1 aromatic carbocycles. The van der Waals surface area contributed by atoms with Gasteiger partial charge in [0.05, 0.1) is 24.5 Å². The van der Waals surface area contributed by atoms with Crippen molar-refractivity contribution in [2.75, 3.05) is 13.2 Å². The monoisotopic (exact) mass is 287 g/mol. The lowest BCUT2D eigenvalue weighted by atomic mass is 10.1. The van der Waals surface area contributed by atoms with E-state index in [2.05, 4.69) is 15.3 Å². The van der Waals surface area contributed by atoms with Gasteiger partial charge in [-0.15, -0.1) is 0 Å². The highest BCUT2D eigenvalue weighted by atomic mass is 16.5. The molecule has 1 aromatic heterocycles. The molecule has 0 fully saturated rings. The average molecular weight is 287 g/mol. The van der Waals surface area contributed by atoms with Crippen LogP contribution in [0.2, 0.25) is 0 Å². The van der Waals surface area contributed by atoms with Crippen LogP contribution in [0.5, 0.6) is 0 Å². The normalized spacial score (nSPS) is 13.8. The summed E-state index contributed by atoms with van der Waals surface area (Å²) in [6.07, 6.45) is 2.64. The zero-order valence-electron chi connectivity index (χ0n) is 12.1. The number of nitrogens with zero attached hydrogens (tertiary/aromatic N) is 2. The highest BCUT2D eigenvalue weighted by Crippen LogP contribution is 2.15. The van der Waals surface area contributed by atoms with Gasteiger partial charge in [-0.2, -0.15) is 0 Å². The summed E-state index contributed by atoms with van der Waals surface area (Å²) in [5.74, 6) is 0. The van der Waals surface area contributed by atoms with Crippen LogP contribution in [0.15, 0.2) is 48.9 Å². The summed E-state index contributed by atoms with van der Waals surface area (Å²) in [7, 11) is 0. The van der Waals surface area contributed by atoms with Crippen LogP contribution in [0.4, 0.5) is 0 Å². The molecule has 0 saturated heterocycles. The summed E-state index contributed by atoms with van der Waals surface area (Å²) in [4.78, 5) is 7.96. The molecule has 0 aliphatic rings. The molecular weight excluding hydrogens is 266 g/mol. The molecule has 0 radical (unpaired) electrons. The average Bonchev–Trinajstić information content (AvgIpc) is 2.54. The number of rotatable bonds is 8. The first-order chi connectivity index (χ1) is 10.3. The van der Waals surface area contributed by atoms with Crippen molar-refractivity contribution in [3.8, 4) is 0 Å². The first kappa shape index (κ1) is 15.6. The minimum absolute atomic E-state index is 0.0253. The molecule has 0 spiro atoms. The molecule has 0 bridgehead atoms. The van der Waals surface area contributed by atoms with Crippen LogP contribution in [0.3, 0.4) is 0 Å². The molecule has 2 N–H and O–H groups in total. The zero-order chi connectivity index (χ0) is 14.9. The van der Waals surface area contributed by atoms with Gasteiger partial charge < -0.3 is 15.2 Å². The van der Waals surface area contributed by atoms with Crippen LogP contribution >= 0.6 is 0 Å². The number of aliphatic hydroxyl groups is 1. The van der Waals surface area contributed by atoms with Gasteiger partial charge in [0, 0.05) is 19.3 Å². The first-order valence-corrected chi connectivity index (χ1v) is 7.06. The largest absolute Gasteiger partial charge is 0.389 e. The Morgan fingerprint density at radius 3 is 2.76 bits per heavy atom. The molecule has 112 valence electrons. The Balaban J connectivity index is 1.64. The molecule has 0 saturated carbocycles. The van der Waals surface area contributed by atoms with Crippen LogP contribution in [-0.4, -0.2) is 34.3 Å². The standard InChI is InChI=1S/C16H21N3O2/c1-13(14-5-3-2-4-6-14)21-11-16(20)10-18-9-15-7-8-17-12-19-15/h2-8,12-13,16,18,20H,9-11H2,1H3. The van der Waals surface area contributed by atoms with Gasteiger partial charge in [0.2, 0.25) is 0 Å². The molecule has 2 rings (SSSR count). The zero-order valence-corrected chi connectivity index (χ0v) is 12.1. The smallest absolute Gasteiger partial charge is 0.115 e. The summed E-state index contributed by atoms with van der Waals surface area (Å²) in [6.45, 7) is 3.35. The van der Waals surface area contributed by atoms with Crippen molar-refractivity contribution in [2.24, 2.45) is 0 Å². The Labute approximate surface area is 125 Å². The molecule has 5 nitrogen and oxygen atoms in total. The third kappa shape index (κ3) is 5.59. The van der Waals surface area contributed by atoms with Gasteiger partial charge in [-0.3, -0.25) is 0 Å². The van der Waals surface area contributed by atoms with Crippen molar-refractivity contribution in [3.05, 3.63) is 60.2 Å². The Kier molecular flexibility index (Phi) is 6.27. The van der Waals surface area contributed by atoms with Gasteiger partial charge in [-0.05, 0) is 18.6 Å². The first-order valence-electron chi connectivity index (χ1n) is 7.06. The fraction of sp³-hybridized carbons (Fsp3) is 0.375. The molecule has 21 heavy (non-hydrogen) atoms. The van der Waals surface area contributed by atoms with E-state index in [1.807, 2.05) is 43.3 Å². The fourth-order valence-electron chi connectivity index (χ4n) is 1.92. The highest BCUT2D eigenvalue weighted by Gasteiger charge is 2.09. The lowest BCUT2D eigenvalue weighted by Gasteiger charge is -2.17. The van der Waals surface area contributed by atoms with Crippen molar-refractivity contribution in [1.29, 1.82) is 0 Å². The van der Waals surface area contributed by atoms with Crippen LogP contribution in [-0.2, 0) is 11.3 Å². The summed E-state index contributed by atoms with van der Waals surface area (Å²) in [5.41, 5.74) is 2.01. The lowest BCUT2D eigenvalue weighted by Crippen LogP contribution is -2.30. The Hall–Kier alpha value is -1.82. The van der Waals surface area contributed by atoms with E-state index in [9.17, 15) is 5.11 Å². The number of nitrogens with one attached hydrogen (secondary N) is 1. The molecular formula is C16H21N3O2. The second kappa shape index (κ2) is 8.46. The van der Waals surface area contributed by atoms with Gasteiger partial charge in [0.15, 0.2) is 0 Å². The Morgan fingerprint density at radius 1 is 1.24 bits per heavy atom. The molecule has 2 aromatic rings. The number of hydrogen-bond acceptors (Lipinski definition) is 5. The van der Waals surface area contributed by atoms with Crippen molar-refractivity contribution in [3.63, 3.8) is 0 Å². The molecule has 0 amide bonds. The Bertz CT molecular complexity index is 507. The van der Waals surface area contributed by atoms with Crippen molar-refractivity contribution in [2.45, 2.75) is 25.7 Å². The van der Waals surface area contributed by atoms with Crippen LogP contribution < -0.4 is 5.32 Å². The maximum atomic E-state index is 9.90. The Morgan fingerprint density at radius 2 is 2.05 bits per heavy atom. The maximum absolute atomic E-state index is 9.90. The number of benzene rings is 1. The van der Waals surface area contributed by atoms with Crippen molar-refractivity contribution >= 4 is 0 Å². The second-order valence-corrected chi connectivity index (χ2v) is 4.87. The predicted octanol–water partition coefficient (Wildman–Crippen LogP) is 1.70. The summed E-state index contributed by atoms with van der Waals surface area (Å²) in [5, 5.41) is 13.0. The van der Waals surface area contributed by atoms with E-state index in [0.717, 1.165) is 11.3 Å². The third-order valence-electron chi connectivity index (χ3n) is 3.14. The molecule has 5 heteroatoms. The van der Waals surface area contributed by atoms with Gasteiger partial charge in [-0.1, -0.05) is 30.3 Å². The molecule has 2 unspecified atom stereocenters.